The Bertz CT molecular complexity index is 1180. The molecule has 1 aliphatic rings. The van der Waals surface area contributed by atoms with E-state index in [0.29, 0.717) is 38.0 Å². The van der Waals surface area contributed by atoms with Crippen molar-refractivity contribution in [3.63, 3.8) is 0 Å². The number of benzene rings is 2. The number of hydrogen-bond acceptors (Lipinski definition) is 4. The van der Waals surface area contributed by atoms with E-state index in [-0.39, 0.29) is 42.6 Å². The van der Waals surface area contributed by atoms with E-state index in [1.165, 1.54) is 22.5 Å². The Labute approximate surface area is 220 Å². The van der Waals surface area contributed by atoms with Crippen LogP contribution in [0.25, 0.3) is 0 Å². The molecule has 0 aromatic heterocycles. The van der Waals surface area contributed by atoms with E-state index in [0.717, 1.165) is 11.1 Å². The summed E-state index contributed by atoms with van der Waals surface area (Å²) in [6.45, 7) is 8.74. The largest absolute Gasteiger partial charge is 0.338 e. The molecule has 2 aromatic rings. The summed E-state index contributed by atoms with van der Waals surface area (Å²) in [6, 6.07) is 13.5. The second kappa shape index (κ2) is 12.6. The number of carbonyl (C=O) groups is 2. The minimum absolute atomic E-state index is 0.0639. The van der Waals surface area contributed by atoms with Crippen molar-refractivity contribution in [1.82, 2.24) is 14.1 Å². The van der Waals surface area contributed by atoms with Crippen molar-refractivity contribution in [2.24, 2.45) is 5.92 Å². The number of carbonyl (C=O) groups excluding carboxylic acids is 2. The smallest absolute Gasteiger partial charge is 0.253 e. The lowest BCUT2D eigenvalue weighted by atomic mass is 10.0. The maximum absolute atomic E-state index is 13.6. The van der Waals surface area contributed by atoms with Crippen LogP contribution < -0.4 is 0 Å². The molecular weight excluding hydrogens is 493 g/mol. The molecule has 1 aliphatic heterocycles. The zero-order valence-corrected chi connectivity index (χ0v) is 23.0. The van der Waals surface area contributed by atoms with Crippen LogP contribution in [0, 0.1) is 18.7 Å². The molecule has 0 saturated carbocycles. The Kier molecular flexibility index (Phi) is 9.84. The van der Waals surface area contributed by atoms with E-state index < -0.39 is 15.8 Å². The predicted molar refractivity (Wildman–Crippen MR) is 143 cm³/mol. The van der Waals surface area contributed by atoms with Crippen molar-refractivity contribution in [3.8, 4) is 0 Å². The normalized spacial score (nSPS) is 14.8. The number of rotatable bonds is 10. The van der Waals surface area contributed by atoms with Crippen LogP contribution in [0.2, 0.25) is 0 Å². The molecular formula is C28H38FN3O4S. The van der Waals surface area contributed by atoms with Gasteiger partial charge < -0.3 is 9.80 Å². The molecule has 0 unspecified atom stereocenters. The third-order valence-electron chi connectivity index (χ3n) is 6.70. The van der Waals surface area contributed by atoms with Crippen LogP contribution >= 0.6 is 0 Å². The van der Waals surface area contributed by atoms with Crippen molar-refractivity contribution in [1.29, 1.82) is 0 Å². The van der Waals surface area contributed by atoms with Gasteiger partial charge in [-0.2, -0.15) is 4.31 Å². The summed E-state index contributed by atoms with van der Waals surface area (Å²) in [6.07, 6.45) is 1.12. The van der Waals surface area contributed by atoms with Gasteiger partial charge >= 0.3 is 0 Å². The lowest BCUT2D eigenvalue weighted by Crippen LogP contribution is -2.51. The monoisotopic (exact) mass is 531 g/mol. The highest BCUT2D eigenvalue weighted by atomic mass is 32.2. The standard InChI is InChI=1S/C28H38FN3O4S/c1-5-37(35,36)31(18-21(2)3)20-27(33)32(19-23-11-9-22(4)10-12-23)26-13-15-30(16-14-26)28(34)24-7-6-8-25(29)17-24/h6-12,17,21,26H,5,13-16,18-20H2,1-4H3. The topological polar surface area (TPSA) is 78.0 Å². The van der Waals surface area contributed by atoms with E-state index in [1.807, 2.05) is 45.0 Å². The summed E-state index contributed by atoms with van der Waals surface area (Å²) < 4.78 is 40.4. The highest BCUT2D eigenvalue weighted by molar-refractivity contribution is 7.89. The van der Waals surface area contributed by atoms with Crippen molar-refractivity contribution < 1.29 is 22.4 Å². The average Bonchev–Trinajstić information content (AvgIpc) is 2.87. The molecule has 1 heterocycles. The molecule has 0 bridgehead atoms. The first-order valence-corrected chi connectivity index (χ1v) is 14.5. The fraction of sp³-hybridized carbons (Fsp3) is 0.500. The quantitative estimate of drug-likeness (QED) is 0.463. The zero-order chi connectivity index (χ0) is 27.2. The third-order valence-corrected chi connectivity index (χ3v) is 8.49. The van der Waals surface area contributed by atoms with Gasteiger partial charge in [0.05, 0.1) is 12.3 Å². The maximum Gasteiger partial charge on any atom is 0.253 e. The van der Waals surface area contributed by atoms with E-state index in [4.69, 9.17) is 0 Å². The molecule has 2 amide bonds. The van der Waals surface area contributed by atoms with E-state index in [1.54, 1.807) is 22.8 Å². The number of piperidine rings is 1. The maximum atomic E-state index is 13.6. The van der Waals surface area contributed by atoms with Gasteiger partial charge in [-0.05, 0) is 56.4 Å². The lowest BCUT2D eigenvalue weighted by Gasteiger charge is -2.39. The van der Waals surface area contributed by atoms with Gasteiger partial charge in [-0.1, -0.05) is 49.7 Å². The van der Waals surface area contributed by atoms with E-state index >= 15 is 0 Å². The van der Waals surface area contributed by atoms with Gasteiger partial charge in [-0.25, -0.2) is 12.8 Å². The number of hydrogen-bond donors (Lipinski definition) is 0. The summed E-state index contributed by atoms with van der Waals surface area (Å²) in [5.41, 5.74) is 2.38. The van der Waals surface area contributed by atoms with E-state index in [2.05, 4.69) is 0 Å². The van der Waals surface area contributed by atoms with Gasteiger partial charge in [-0.3, -0.25) is 9.59 Å². The van der Waals surface area contributed by atoms with Crippen LogP contribution in [0.15, 0.2) is 48.5 Å². The predicted octanol–water partition coefficient (Wildman–Crippen LogP) is 4.08. The van der Waals surface area contributed by atoms with Crippen molar-refractivity contribution in [2.75, 3.05) is 31.9 Å². The number of aryl methyl sites for hydroxylation is 1. The zero-order valence-electron chi connectivity index (χ0n) is 22.2. The average molecular weight is 532 g/mol. The number of nitrogens with zero attached hydrogens (tertiary/aromatic N) is 3. The number of amides is 2. The first-order valence-electron chi connectivity index (χ1n) is 12.9. The first-order chi connectivity index (χ1) is 17.5. The molecule has 37 heavy (non-hydrogen) atoms. The molecule has 0 aliphatic carbocycles. The minimum atomic E-state index is -3.55. The number of likely N-dealkylation sites (tertiary alicyclic amines) is 1. The molecule has 9 heteroatoms. The van der Waals surface area contributed by atoms with Crippen molar-refractivity contribution in [3.05, 3.63) is 71.0 Å². The van der Waals surface area contributed by atoms with Crippen LogP contribution in [-0.2, 0) is 21.4 Å². The Balaban J connectivity index is 1.78. The van der Waals surface area contributed by atoms with Crippen LogP contribution in [0.4, 0.5) is 4.39 Å². The van der Waals surface area contributed by atoms with E-state index in [9.17, 15) is 22.4 Å². The minimum Gasteiger partial charge on any atom is -0.338 e. The summed E-state index contributed by atoms with van der Waals surface area (Å²) in [4.78, 5) is 30.0. The summed E-state index contributed by atoms with van der Waals surface area (Å²) in [5.74, 6) is -0.911. The second-order valence-electron chi connectivity index (χ2n) is 10.1. The molecule has 1 saturated heterocycles. The third kappa shape index (κ3) is 7.85. The molecule has 0 N–H and O–H groups in total. The Morgan fingerprint density at radius 1 is 1.08 bits per heavy atom. The molecule has 2 aromatic carbocycles. The summed E-state index contributed by atoms with van der Waals surface area (Å²) in [5, 5.41) is 0. The van der Waals surface area contributed by atoms with Gasteiger partial charge in [0.1, 0.15) is 5.82 Å². The Morgan fingerprint density at radius 3 is 2.30 bits per heavy atom. The Morgan fingerprint density at radius 2 is 1.73 bits per heavy atom. The summed E-state index contributed by atoms with van der Waals surface area (Å²) >= 11 is 0. The molecule has 3 rings (SSSR count). The van der Waals surface area contributed by atoms with Gasteiger partial charge in [0, 0.05) is 37.8 Å². The summed E-state index contributed by atoms with van der Waals surface area (Å²) in [7, 11) is -3.55. The SMILES string of the molecule is CCS(=O)(=O)N(CC(=O)N(Cc1ccc(C)cc1)C1CCN(C(=O)c2cccc(F)c2)CC1)CC(C)C. The van der Waals surface area contributed by atoms with Crippen LogP contribution in [0.5, 0.6) is 0 Å². The van der Waals surface area contributed by atoms with Crippen molar-refractivity contribution in [2.45, 2.75) is 53.1 Å². The molecule has 202 valence electrons. The van der Waals surface area contributed by atoms with Crippen LogP contribution in [0.3, 0.4) is 0 Å². The fourth-order valence-electron chi connectivity index (χ4n) is 4.60. The number of sulfonamides is 1. The van der Waals surface area contributed by atoms with Gasteiger partial charge in [-0.15, -0.1) is 0 Å². The molecule has 0 spiro atoms. The lowest BCUT2D eigenvalue weighted by molar-refractivity contribution is -0.135. The van der Waals surface area contributed by atoms with Crippen LogP contribution in [0.1, 0.15) is 55.1 Å². The molecule has 0 radical (unpaired) electrons. The highest BCUT2D eigenvalue weighted by Crippen LogP contribution is 2.22. The van der Waals surface area contributed by atoms with Gasteiger partial charge in [0.25, 0.3) is 5.91 Å². The fourth-order valence-corrected chi connectivity index (χ4v) is 5.80. The molecule has 7 nitrogen and oxygen atoms in total. The molecule has 1 fully saturated rings. The van der Waals surface area contributed by atoms with Gasteiger partial charge in [0.2, 0.25) is 15.9 Å². The van der Waals surface area contributed by atoms with Crippen LogP contribution in [-0.4, -0.2) is 72.3 Å². The second-order valence-corrected chi connectivity index (χ2v) is 12.4. The first kappa shape index (κ1) is 28.8. The van der Waals surface area contributed by atoms with Crippen molar-refractivity contribution >= 4 is 21.8 Å². The molecule has 0 atom stereocenters. The number of halogens is 1. The van der Waals surface area contributed by atoms with Gasteiger partial charge in [0.15, 0.2) is 0 Å². The Hall–Kier alpha value is -2.78. The highest BCUT2D eigenvalue weighted by Gasteiger charge is 2.33.